The van der Waals surface area contributed by atoms with Gasteiger partial charge in [-0.05, 0) is 17.0 Å². The van der Waals surface area contributed by atoms with Crippen LogP contribution in [-0.4, -0.2) is 4.98 Å². The third kappa shape index (κ3) is 1.69. The van der Waals surface area contributed by atoms with Crippen LogP contribution in [0.25, 0.3) is 0 Å². The summed E-state index contributed by atoms with van der Waals surface area (Å²) in [5.74, 6) is 0.407. The van der Waals surface area contributed by atoms with E-state index in [-0.39, 0.29) is 5.41 Å². The van der Waals surface area contributed by atoms with Crippen molar-refractivity contribution in [2.24, 2.45) is 0 Å². The molecule has 2 N–H and O–H groups in total. The number of nitrogens with two attached hydrogens (primary N) is 1. The monoisotopic (exact) mass is 184 g/mol. The summed E-state index contributed by atoms with van der Waals surface area (Å²) in [5, 5.41) is 0.574. The van der Waals surface area contributed by atoms with Gasteiger partial charge < -0.3 is 5.73 Å². The maximum Gasteiger partial charge on any atom is 0.142 e. The number of rotatable bonds is 0. The fourth-order valence-electron chi connectivity index (χ4n) is 1.04. The molecule has 0 spiro atoms. The van der Waals surface area contributed by atoms with Gasteiger partial charge in [-0.1, -0.05) is 32.4 Å². The molecule has 0 amide bonds. The van der Waals surface area contributed by atoms with Crippen LogP contribution in [0, 0.1) is 0 Å². The summed E-state index contributed by atoms with van der Waals surface area (Å²) in [6.07, 6.45) is 1.68. The van der Waals surface area contributed by atoms with Crippen molar-refractivity contribution < 1.29 is 0 Å². The van der Waals surface area contributed by atoms with Crippen LogP contribution in [0.15, 0.2) is 12.3 Å². The van der Waals surface area contributed by atoms with Crippen LogP contribution >= 0.6 is 11.6 Å². The molecule has 0 fully saturated rings. The summed E-state index contributed by atoms with van der Waals surface area (Å²) in [6, 6.07) is 1.90. The quantitative estimate of drug-likeness (QED) is 0.673. The molecule has 0 saturated carbocycles. The van der Waals surface area contributed by atoms with Crippen LogP contribution in [0.5, 0.6) is 0 Å². The molecule has 0 unspecified atom stereocenters. The Hall–Kier alpha value is -0.760. The van der Waals surface area contributed by atoms with E-state index in [2.05, 4.69) is 25.8 Å². The molecule has 66 valence electrons. The van der Waals surface area contributed by atoms with Gasteiger partial charge in [-0.15, -0.1) is 0 Å². The van der Waals surface area contributed by atoms with E-state index in [1.807, 2.05) is 6.07 Å². The number of pyridine rings is 1. The minimum absolute atomic E-state index is 0.0220. The first kappa shape index (κ1) is 9.33. The normalized spacial score (nSPS) is 11.7. The van der Waals surface area contributed by atoms with Gasteiger partial charge in [-0.3, -0.25) is 0 Å². The first-order valence-electron chi connectivity index (χ1n) is 3.83. The summed E-state index contributed by atoms with van der Waals surface area (Å²) in [4.78, 5) is 3.90. The Morgan fingerprint density at radius 2 is 2.00 bits per heavy atom. The van der Waals surface area contributed by atoms with E-state index in [0.29, 0.717) is 10.8 Å². The fraction of sp³-hybridized carbons (Fsp3) is 0.444. The van der Waals surface area contributed by atoms with E-state index in [4.69, 9.17) is 17.3 Å². The SMILES string of the molecule is CC(C)(C)c1ccnc(N)c1Cl. The molecule has 12 heavy (non-hydrogen) atoms. The van der Waals surface area contributed by atoms with E-state index in [1.165, 1.54) is 0 Å². The molecular weight excluding hydrogens is 172 g/mol. The maximum absolute atomic E-state index is 5.99. The Balaban J connectivity index is 3.26. The minimum atomic E-state index is 0.0220. The molecule has 0 radical (unpaired) electrons. The van der Waals surface area contributed by atoms with E-state index in [9.17, 15) is 0 Å². The lowest BCUT2D eigenvalue weighted by molar-refractivity contribution is 0.590. The molecular formula is C9H13ClN2. The molecule has 0 bridgehead atoms. The molecule has 0 saturated heterocycles. The summed E-state index contributed by atoms with van der Waals surface area (Å²) in [7, 11) is 0. The zero-order valence-corrected chi connectivity index (χ0v) is 8.31. The predicted octanol–water partition coefficient (Wildman–Crippen LogP) is 2.61. The molecule has 3 heteroatoms. The van der Waals surface area contributed by atoms with Crippen LogP contribution in [-0.2, 0) is 5.41 Å². The van der Waals surface area contributed by atoms with Crippen LogP contribution in [0.4, 0.5) is 5.82 Å². The van der Waals surface area contributed by atoms with E-state index in [1.54, 1.807) is 6.20 Å². The standard InChI is InChI=1S/C9H13ClN2/c1-9(2,3)6-4-5-12-8(11)7(6)10/h4-5H,1-3H3,(H2,11,12). The zero-order valence-electron chi connectivity index (χ0n) is 7.56. The van der Waals surface area contributed by atoms with Gasteiger partial charge in [-0.2, -0.15) is 0 Å². The van der Waals surface area contributed by atoms with Gasteiger partial charge in [0.1, 0.15) is 5.82 Å². The first-order chi connectivity index (χ1) is 5.43. The highest BCUT2D eigenvalue weighted by atomic mass is 35.5. The van der Waals surface area contributed by atoms with Crippen molar-refractivity contribution in [3.63, 3.8) is 0 Å². The average Bonchev–Trinajstić information content (AvgIpc) is 1.92. The van der Waals surface area contributed by atoms with Gasteiger partial charge >= 0.3 is 0 Å². The van der Waals surface area contributed by atoms with Crippen molar-refractivity contribution in [1.29, 1.82) is 0 Å². The van der Waals surface area contributed by atoms with E-state index in [0.717, 1.165) is 5.56 Å². The highest BCUT2D eigenvalue weighted by Crippen LogP contribution is 2.31. The maximum atomic E-state index is 5.99. The lowest BCUT2D eigenvalue weighted by Gasteiger charge is -2.20. The second kappa shape index (κ2) is 2.94. The lowest BCUT2D eigenvalue weighted by Crippen LogP contribution is -2.13. The lowest BCUT2D eigenvalue weighted by atomic mass is 9.88. The number of hydrogen-bond acceptors (Lipinski definition) is 2. The van der Waals surface area contributed by atoms with Gasteiger partial charge in [0, 0.05) is 6.20 Å². The molecule has 1 rings (SSSR count). The Morgan fingerprint density at radius 3 is 2.42 bits per heavy atom. The third-order valence-corrected chi connectivity index (χ3v) is 2.12. The van der Waals surface area contributed by atoms with E-state index >= 15 is 0 Å². The highest BCUT2D eigenvalue weighted by molar-refractivity contribution is 6.33. The summed E-state index contributed by atoms with van der Waals surface area (Å²) < 4.78 is 0. The smallest absolute Gasteiger partial charge is 0.142 e. The van der Waals surface area contributed by atoms with Gasteiger partial charge in [-0.25, -0.2) is 4.98 Å². The summed E-state index contributed by atoms with van der Waals surface area (Å²) in [5.41, 5.74) is 6.63. The van der Waals surface area contributed by atoms with Crippen molar-refractivity contribution in [2.75, 3.05) is 5.73 Å². The Morgan fingerprint density at radius 1 is 1.42 bits per heavy atom. The molecule has 0 aliphatic carbocycles. The molecule has 1 heterocycles. The van der Waals surface area contributed by atoms with Crippen LogP contribution in [0.2, 0.25) is 5.02 Å². The van der Waals surface area contributed by atoms with Crippen LogP contribution in [0.3, 0.4) is 0 Å². The predicted molar refractivity (Wildman–Crippen MR) is 52.4 cm³/mol. The molecule has 0 aliphatic rings. The van der Waals surface area contributed by atoms with E-state index < -0.39 is 0 Å². The zero-order chi connectivity index (χ0) is 9.35. The molecule has 0 atom stereocenters. The number of nitrogen functional groups attached to an aromatic ring is 1. The van der Waals surface area contributed by atoms with Crippen molar-refractivity contribution in [3.8, 4) is 0 Å². The molecule has 1 aromatic rings. The van der Waals surface area contributed by atoms with Gasteiger partial charge in [0.25, 0.3) is 0 Å². The van der Waals surface area contributed by atoms with Crippen molar-refractivity contribution in [3.05, 3.63) is 22.8 Å². The second-order valence-electron chi connectivity index (χ2n) is 3.81. The number of aromatic nitrogens is 1. The highest BCUT2D eigenvalue weighted by Gasteiger charge is 2.18. The molecule has 1 aromatic heterocycles. The van der Waals surface area contributed by atoms with Crippen molar-refractivity contribution >= 4 is 17.4 Å². The topological polar surface area (TPSA) is 38.9 Å². The Kier molecular flexibility index (Phi) is 2.29. The van der Waals surface area contributed by atoms with Crippen LogP contribution < -0.4 is 5.73 Å². The van der Waals surface area contributed by atoms with Crippen molar-refractivity contribution in [1.82, 2.24) is 4.98 Å². The number of halogens is 1. The number of nitrogens with zero attached hydrogens (tertiary/aromatic N) is 1. The van der Waals surface area contributed by atoms with Crippen LogP contribution in [0.1, 0.15) is 26.3 Å². The molecule has 0 aromatic carbocycles. The second-order valence-corrected chi connectivity index (χ2v) is 4.19. The average molecular weight is 185 g/mol. The van der Waals surface area contributed by atoms with Gasteiger partial charge in [0.2, 0.25) is 0 Å². The van der Waals surface area contributed by atoms with Crippen molar-refractivity contribution in [2.45, 2.75) is 26.2 Å². The fourth-order valence-corrected chi connectivity index (χ4v) is 1.43. The minimum Gasteiger partial charge on any atom is -0.382 e. The van der Waals surface area contributed by atoms with Gasteiger partial charge in [0.05, 0.1) is 5.02 Å². The number of hydrogen-bond donors (Lipinski definition) is 1. The number of anilines is 1. The first-order valence-corrected chi connectivity index (χ1v) is 4.21. The summed E-state index contributed by atoms with van der Waals surface area (Å²) >= 11 is 5.99. The molecule has 2 nitrogen and oxygen atoms in total. The third-order valence-electron chi connectivity index (χ3n) is 1.72. The Labute approximate surface area is 77.8 Å². The Bertz CT molecular complexity index is 289. The molecule has 0 aliphatic heterocycles. The largest absolute Gasteiger partial charge is 0.382 e. The summed E-state index contributed by atoms with van der Waals surface area (Å²) in [6.45, 7) is 6.27. The van der Waals surface area contributed by atoms with Gasteiger partial charge in [0.15, 0.2) is 0 Å².